The van der Waals surface area contributed by atoms with Crippen LogP contribution >= 0.6 is 0 Å². The highest BCUT2D eigenvalue weighted by atomic mass is 16.7. The number of unbranched alkanes of at least 4 members (excludes halogenated alkanes) is 1. The Balaban J connectivity index is 1.76. The minimum atomic E-state index is -0.607. The number of hydrogen-bond acceptors (Lipinski definition) is 2. The molecule has 0 radical (unpaired) electrons. The van der Waals surface area contributed by atoms with E-state index in [0.717, 1.165) is 18.8 Å². The van der Waals surface area contributed by atoms with Gasteiger partial charge in [0.05, 0.1) is 6.61 Å². The second-order valence-corrected chi connectivity index (χ2v) is 9.24. The number of benzene rings is 1. The van der Waals surface area contributed by atoms with Crippen LogP contribution in [0.25, 0.3) is 0 Å². The Bertz CT molecular complexity index is 614. The van der Waals surface area contributed by atoms with E-state index < -0.39 is 5.79 Å². The van der Waals surface area contributed by atoms with Gasteiger partial charge in [-0.1, -0.05) is 70.6 Å². The van der Waals surface area contributed by atoms with Gasteiger partial charge in [-0.05, 0) is 60.6 Å². The standard InChI is InChI=1S/C26H40O2/c1-20(2)25(21(3)4)23-15-17-24(18-16-23)28-26(5,6)27-19-11-10-14-22-12-8-7-9-13-22/h7-9,12,15-18,20-22,25H,10-11,13-14,19H2,1-6H3. The summed E-state index contributed by atoms with van der Waals surface area (Å²) in [5.74, 6) is 2.81. The Hall–Kier alpha value is -1.54. The lowest BCUT2D eigenvalue weighted by Gasteiger charge is -2.28. The lowest BCUT2D eigenvalue weighted by molar-refractivity contribution is -0.156. The van der Waals surface area contributed by atoms with Crippen molar-refractivity contribution in [3.8, 4) is 5.75 Å². The minimum Gasteiger partial charge on any atom is -0.463 e. The molecule has 0 saturated carbocycles. The van der Waals surface area contributed by atoms with E-state index in [-0.39, 0.29) is 0 Å². The number of rotatable bonds is 11. The van der Waals surface area contributed by atoms with Crippen LogP contribution in [0.3, 0.4) is 0 Å². The molecule has 2 rings (SSSR count). The lowest BCUT2D eigenvalue weighted by atomic mass is 9.80. The number of allylic oxidation sites excluding steroid dienone is 4. The third-order valence-electron chi connectivity index (χ3n) is 5.55. The van der Waals surface area contributed by atoms with Crippen molar-refractivity contribution in [1.29, 1.82) is 0 Å². The molecule has 0 heterocycles. The molecular formula is C26H40O2. The Labute approximate surface area is 173 Å². The van der Waals surface area contributed by atoms with E-state index in [2.05, 4.69) is 76.3 Å². The molecule has 1 aliphatic rings. The van der Waals surface area contributed by atoms with Crippen LogP contribution in [-0.4, -0.2) is 12.4 Å². The summed E-state index contributed by atoms with van der Waals surface area (Å²) in [6.45, 7) is 13.9. The molecule has 0 saturated heterocycles. The highest BCUT2D eigenvalue weighted by Gasteiger charge is 2.22. The fourth-order valence-corrected chi connectivity index (χ4v) is 4.28. The molecule has 0 amide bonds. The van der Waals surface area contributed by atoms with Gasteiger partial charge >= 0.3 is 0 Å². The van der Waals surface area contributed by atoms with Gasteiger partial charge in [-0.15, -0.1) is 0 Å². The van der Waals surface area contributed by atoms with Crippen molar-refractivity contribution < 1.29 is 9.47 Å². The molecule has 1 aromatic rings. The van der Waals surface area contributed by atoms with E-state index in [9.17, 15) is 0 Å². The molecule has 2 heteroatoms. The van der Waals surface area contributed by atoms with Crippen LogP contribution in [-0.2, 0) is 4.74 Å². The van der Waals surface area contributed by atoms with Gasteiger partial charge in [0.1, 0.15) is 5.75 Å². The maximum Gasteiger partial charge on any atom is 0.204 e. The van der Waals surface area contributed by atoms with Crippen molar-refractivity contribution in [2.45, 2.75) is 78.9 Å². The Morgan fingerprint density at radius 1 is 0.964 bits per heavy atom. The van der Waals surface area contributed by atoms with Gasteiger partial charge in [0.2, 0.25) is 5.79 Å². The van der Waals surface area contributed by atoms with E-state index in [1.807, 2.05) is 13.8 Å². The third-order valence-corrected chi connectivity index (χ3v) is 5.55. The first-order valence-corrected chi connectivity index (χ1v) is 11.0. The van der Waals surface area contributed by atoms with Crippen molar-refractivity contribution in [3.05, 3.63) is 54.1 Å². The quantitative estimate of drug-likeness (QED) is 0.290. The van der Waals surface area contributed by atoms with Crippen LogP contribution in [0.5, 0.6) is 5.75 Å². The van der Waals surface area contributed by atoms with Gasteiger partial charge in [-0.3, -0.25) is 0 Å². The second-order valence-electron chi connectivity index (χ2n) is 9.24. The Morgan fingerprint density at radius 3 is 2.21 bits per heavy atom. The van der Waals surface area contributed by atoms with Crippen molar-refractivity contribution in [2.24, 2.45) is 17.8 Å². The molecule has 1 aliphatic carbocycles. The molecular weight excluding hydrogens is 344 g/mol. The zero-order valence-electron chi connectivity index (χ0n) is 18.8. The summed E-state index contributed by atoms with van der Waals surface area (Å²) in [4.78, 5) is 0. The van der Waals surface area contributed by atoms with E-state index >= 15 is 0 Å². The van der Waals surface area contributed by atoms with E-state index in [1.165, 1.54) is 24.8 Å². The average molecular weight is 385 g/mol. The molecule has 2 nitrogen and oxygen atoms in total. The molecule has 0 bridgehead atoms. The predicted octanol–water partition coefficient (Wildman–Crippen LogP) is 7.52. The van der Waals surface area contributed by atoms with Gasteiger partial charge in [0.25, 0.3) is 0 Å². The van der Waals surface area contributed by atoms with Gasteiger partial charge in [0.15, 0.2) is 0 Å². The Morgan fingerprint density at radius 2 is 1.64 bits per heavy atom. The number of ether oxygens (including phenoxy) is 2. The normalized spacial score (nSPS) is 17.1. The zero-order valence-corrected chi connectivity index (χ0v) is 18.8. The molecule has 0 fully saturated rings. The summed E-state index contributed by atoms with van der Waals surface area (Å²) in [6.07, 6.45) is 13.6. The molecule has 0 N–H and O–H groups in total. The summed E-state index contributed by atoms with van der Waals surface area (Å²) >= 11 is 0. The van der Waals surface area contributed by atoms with Gasteiger partial charge in [-0.25, -0.2) is 0 Å². The van der Waals surface area contributed by atoms with E-state index in [0.29, 0.717) is 23.7 Å². The first kappa shape index (κ1) is 22.7. The molecule has 0 aromatic heterocycles. The van der Waals surface area contributed by atoms with Crippen molar-refractivity contribution in [2.75, 3.05) is 6.61 Å². The predicted molar refractivity (Wildman–Crippen MR) is 120 cm³/mol. The number of hydrogen-bond donors (Lipinski definition) is 0. The summed E-state index contributed by atoms with van der Waals surface area (Å²) in [7, 11) is 0. The van der Waals surface area contributed by atoms with Crippen molar-refractivity contribution >= 4 is 0 Å². The first-order chi connectivity index (χ1) is 13.3. The molecule has 156 valence electrons. The third kappa shape index (κ3) is 7.47. The summed E-state index contributed by atoms with van der Waals surface area (Å²) in [6, 6.07) is 8.59. The summed E-state index contributed by atoms with van der Waals surface area (Å²) < 4.78 is 12.1. The Kier molecular flexibility index (Phi) is 8.82. The van der Waals surface area contributed by atoms with Crippen LogP contribution in [0.2, 0.25) is 0 Å². The van der Waals surface area contributed by atoms with E-state index in [1.54, 1.807) is 0 Å². The van der Waals surface area contributed by atoms with Crippen molar-refractivity contribution in [1.82, 2.24) is 0 Å². The highest BCUT2D eigenvalue weighted by Crippen LogP contribution is 2.33. The molecule has 1 unspecified atom stereocenters. The zero-order chi connectivity index (χ0) is 20.6. The first-order valence-electron chi connectivity index (χ1n) is 11.0. The molecule has 1 atom stereocenters. The minimum absolute atomic E-state index is 0.577. The van der Waals surface area contributed by atoms with Crippen LogP contribution in [0.15, 0.2) is 48.6 Å². The second kappa shape index (κ2) is 10.9. The molecule has 1 aromatic carbocycles. The molecule has 0 spiro atoms. The van der Waals surface area contributed by atoms with Gasteiger partial charge < -0.3 is 9.47 Å². The smallest absolute Gasteiger partial charge is 0.204 e. The van der Waals surface area contributed by atoms with Gasteiger partial charge in [-0.2, -0.15) is 0 Å². The largest absolute Gasteiger partial charge is 0.463 e. The maximum atomic E-state index is 6.11. The average Bonchev–Trinajstić information content (AvgIpc) is 2.63. The fraction of sp³-hybridized carbons (Fsp3) is 0.615. The van der Waals surface area contributed by atoms with Gasteiger partial charge in [0, 0.05) is 13.8 Å². The van der Waals surface area contributed by atoms with Crippen LogP contribution < -0.4 is 4.74 Å². The highest BCUT2D eigenvalue weighted by molar-refractivity contribution is 5.30. The summed E-state index contributed by atoms with van der Waals surface area (Å²) in [5, 5.41) is 0. The van der Waals surface area contributed by atoms with Crippen molar-refractivity contribution in [3.63, 3.8) is 0 Å². The molecule has 28 heavy (non-hydrogen) atoms. The maximum absolute atomic E-state index is 6.11. The molecule has 0 aliphatic heterocycles. The monoisotopic (exact) mass is 384 g/mol. The van der Waals surface area contributed by atoms with Crippen LogP contribution in [0.1, 0.15) is 78.7 Å². The summed E-state index contributed by atoms with van der Waals surface area (Å²) in [5.41, 5.74) is 1.39. The van der Waals surface area contributed by atoms with E-state index in [4.69, 9.17) is 9.47 Å². The topological polar surface area (TPSA) is 18.5 Å². The van der Waals surface area contributed by atoms with Crippen LogP contribution in [0.4, 0.5) is 0 Å². The lowest BCUT2D eigenvalue weighted by Crippen LogP contribution is -2.32. The SMILES string of the molecule is CC(C)C(c1ccc(OC(C)(C)OCCCCC2C=CC=CC2)cc1)C(C)C. The fourth-order valence-electron chi connectivity index (χ4n) is 4.28. The van der Waals surface area contributed by atoms with Crippen LogP contribution in [0, 0.1) is 17.8 Å².